The standard InChI is InChI=1S/C17H19N3O4/c1-10(17(22)18-2)20-16-13(21)7-12(9-19-16)11-3-4-14-15(8-11)24-6-5-23-14/h3-4,7-10,21H,5-6H2,1-2H3,(H,18,22)(H,19,20). The molecule has 0 saturated heterocycles. The highest BCUT2D eigenvalue weighted by molar-refractivity contribution is 5.84. The third-order valence-corrected chi connectivity index (χ3v) is 3.74. The fourth-order valence-corrected chi connectivity index (χ4v) is 2.43. The van der Waals surface area contributed by atoms with Crippen LogP contribution in [0.5, 0.6) is 17.2 Å². The number of amides is 1. The van der Waals surface area contributed by atoms with Gasteiger partial charge in [0, 0.05) is 18.8 Å². The Morgan fingerprint density at radius 3 is 2.67 bits per heavy atom. The van der Waals surface area contributed by atoms with Crippen molar-refractivity contribution < 1.29 is 19.4 Å². The van der Waals surface area contributed by atoms with Gasteiger partial charge in [-0.25, -0.2) is 4.98 Å². The zero-order chi connectivity index (χ0) is 17.1. The van der Waals surface area contributed by atoms with Gasteiger partial charge >= 0.3 is 0 Å². The van der Waals surface area contributed by atoms with Crippen LogP contribution in [0.15, 0.2) is 30.5 Å². The van der Waals surface area contributed by atoms with E-state index in [2.05, 4.69) is 15.6 Å². The van der Waals surface area contributed by atoms with Crippen LogP contribution < -0.4 is 20.1 Å². The summed E-state index contributed by atoms with van der Waals surface area (Å²) in [6, 6.07) is 6.65. The second-order valence-corrected chi connectivity index (χ2v) is 5.43. The van der Waals surface area contributed by atoms with Gasteiger partial charge in [-0.1, -0.05) is 6.07 Å². The van der Waals surface area contributed by atoms with E-state index in [0.717, 1.165) is 11.1 Å². The van der Waals surface area contributed by atoms with E-state index in [1.54, 1.807) is 26.2 Å². The molecule has 0 radical (unpaired) electrons. The van der Waals surface area contributed by atoms with E-state index in [-0.39, 0.29) is 17.5 Å². The maximum Gasteiger partial charge on any atom is 0.241 e. The van der Waals surface area contributed by atoms with E-state index in [4.69, 9.17) is 9.47 Å². The monoisotopic (exact) mass is 329 g/mol. The first kappa shape index (κ1) is 15.9. The van der Waals surface area contributed by atoms with Crippen molar-refractivity contribution in [3.8, 4) is 28.4 Å². The van der Waals surface area contributed by atoms with Crippen molar-refractivity contribution in [3.63, 3.8) is 0 Å². The van der Waals surface area contributed by atoms with Gasteiger partial charge in [-0.3, -0.25) is 4.79 Å². The van der Waals surface area contributed by atoms with E-state index >= 15 is 0 Å². The molecule has 1 aromatic heterocycles. The number of hydrogen-bond donors (Lipinski definition) is 3. The minimum Gasteiger partial charge on any atom is -0.504 e. The molecule has 1 unspecified atom stereocenters. The van der Waals surface area contributed by atoms with E-state index in [0.29, 0.717) is 24.7 Å². The number of aromatic hydroxyl groups is 1. The maximum atomic E-state index is 11.5. The Hall–Kier alpha value is -2.96. The second-order valence-electron chi connectivity index (χ2n) is 5.43. The van der Waals surface area contributed by atoms with Crippen LogP contribution in [0.25, 0.3) is 11.1 Å². The fraction of sp³-hybridized carbons (Fsp3) is 0.294. The molecule has 2 aromatic rings. The van der Waals surface area contributed by atoms with Gasteiger partial charge in [0.15, 0.2) is 23.1 Å². The third-order valence-electron chi connectivity index (χ3n) is 3.74. The first-order chi connectivity index (χ1) is 11.6. The molecule has 1 aromatic carbocycles. The number of nitrogens with one attached hydrogen (secondary N) is 2. The quantitative estimate of drug-likeness (QED) is 0.792. The Bertz CT molecular complexity index is 763. The first-order valence-corrected chi connectivity index (χ1v) is 7.65. The summed E-state index contributed by atoms with van der Waals surface area (Å²) in [5, 5.41) is 15.6. The van der Waals surface area contributed by atoms with Crippen LogP contribution in [0.3, 0.4) is 0 Å². The summed E-state index contributed by atoms with van der Waals surface area (Å²) in [4.78, 5) is 15.8. The van der Waals surface area contributed by atoms with Gasteiger partial charge in [-0.05, 0) is 30.7 Å². The number of anilines is 1. The molecule has 0 aliphatic carbocycles. The molecule has 0 spiro atoms. The minimum atomic E-state index is -0.506. The number of hydrogen-bond acceptors (Lipinski definition) is 6. The van der Waals surface area contributed by atoms with Crippen LogP contribution in [-0.4, -0.2) is 42.3 Å². The van der Waals surface area contributed by atoms with Crippen LogP contribution in [-0.2, 0) is 4.79 Å². The summed E-state index contributed by atoms with van der Waals surface area (Å²) in [5.41, 5.74) is 1.59. The first-order valence-electron chi connectivity index (χ1n) is 7.65. The van der Waals surface area contributed by atoms with Crippen molar-refractivity contribution >= 4 is 11.7 Å². The van der Waals surface area contributed by atoms with Gasteiger partial charge in [0.25, 0.3) is 0 Å². The normalized spacial score (nSPS) is 13.9. The van der Waals surface area contributed by atoms with Crippen molar-refractivity contribution in [1.82, 2.24) is 10.3 Å². The predicted octanol–water partition coefficient (Wildman–Crippen LogP) is 1.77. The molecule has 2 heterocycles. The lowest BCUT2D eigenvalue weighted by Gasteiger charge is -2.19. The molecule has 3 rings (SSSR count). The van der Waals surface area contributed by atoms with E-state index in [9.17, 15) is 9.90 Å². The summed E-state index contributed by atoms with van der Waals surface area (Å²) in [6.45, 7) is 2.74. The van der Waals surface area contributed by atoms with Crippen molar-refractivity contribution in [2.24, 2.45) is 0 Å². The zero-order valence-electron chi connectivity index (χ0n) is 13.5. The molecule has 7 nitrogen and oxygen atoms in total. The van der Waals surface area contributed by atoms with Crippen LogP contribution in [0.2, 0.25) is 0 Å². The van der Waals surface area contributed by atoms with E-state index < -0.39 is 6.04 Å². The van der Waals surface area contributed by atoms with Gasteiger partial charge in [0.1, 0.15) is 19.3 Å². The number of rotatable bonds is 4. The number of carbonyl (C=O) groups excluding carboxylic acids is 1. The van der Waals surface area contributed by atoms with Crippen LogP contribution in [0.4, 0.5) is 5.82 Å². The number of likely N-dealkylation sites (N-methyl/N-ethyl adjacent to an activating group) is 1. The highest BCUT2D eigenvalue weighted by Crippen LogP contribution is 2.36. The lowest BCUT2D eigenvalue weighted by Crippen LogP contribution is -2.35. The molecule has 7 heteroatoms. The summed E-state index contributed by atoms with van der Waals surface area (Å²) >= 11 is 0. The molecule has 126 valence electrons. The molecular formula is C17H19N3O4. The Labute approximate surface area is 139 Å². The summed E-state index contributed by atoms with van der Waals surface area (Å²) in [6.07, 6.45) is 1.63. The molecule has 1 aliphatic rings. The number of carbonyl (C=O) groups is 1. The van der Waals surface area contributed by atoms with Gasteiger partial charge in [-0.2, -0.15) is 0 Å². The van der Waals surface area contributed by atoms with Crippen molar-refractivity contribution in [3.05, 3.63) is 30.5 Å². The highest BCUT2D eigenvalue weighted by atomic mass is 16.6. The Balaban J connectivity index is 1.83. The molecule has 0 bridgehead atoms. The molecule has 0 saturated carbocycles. The molecule has 1 aliphatic heterocycles. The molecule has 0 fully saturated rings. The van der Waals surface area contributed by atoms with Crippen molar-refractivity contribution in [2.45, 2.75) is 13.0 Å². The average molecular weight is 329 g/mol. The van der Waals surface area contributed by atoms with Gasteiger partial charge in [0.2, 0.25) is 5.91 Å². The molecule has 24 heavy (non-hydrogen) atoms. The molecule has 3 N–H and O–H groups in total. The number of aromatic nitrogens is 1. The smallest absolute Gasteiger partial charge is 0.241 e. The third kappa shape index (κ3) is 3.19. The van der Waals surface area contributed by atoms with Gasteiger partial charge in [0.05, 0.1) is 0 Å². The zero-order valence-corrected chi connectivity index (χ0v) is 13.5. The Kier molecular flexibility index (Phi) is 4.41. The fourth-order valence-electron chi connectivity index (χ4n) is 2.43. The minimum absolute atomic E-state index is 0.0295. The average Bonchev–Trinajstić information content (AvgIpc) is 2.62. The summed E-state index contributed by atoms with van der Waals surface area (Å²) < 4.78 is 11.1. The van der Waals surface area contributed by atoms with Gasteiger partial charge < -0.3 is 25.2 Å². The SMILES string of the molecule is CNC(=O)C(C)Nc1ncc(-c2ccc3c(c2)OCCO3)cc1O. The second kappa shape index (κ2) is 6.66. The number of benzene rings is 1. The van der Waals surface area contributed by atoms with Crippen molar-refractivity contribution in [1.29, 1.82) is 0 Å². The lowest BCUT2D eigenvalue weighted by atomic mass is 10.1. The van der Waals surface area contributed by atoms with Crippen molar-refractivity contribution in [2.75, 3.05) is 25.6 Å². The molecule has 1 amide bonds. The summed E-state index contributed by atoms with van der Waals surface area (Å²) in [5.74, 6) is 1.42. The lowest BCUT2D eigenvalue weighted by molar-refractivity contribution is -0.121. The summed E-state index contributed by atoms with van der Waals surface area (Å²) in [7, 11) is 1.55. The van der Waals surface area contributed by atoms with E-state index in [1.807, 2.05) is 18.2 Å². The molecular weight excluding hydrogens is 310 g/mol. The number of nitrogens with zero attached hydrogens (tertiary/aromatic N) is 1. The van der Waals surface area contributed by atoms with E-state index in [1.165, 1.54) is 0 Å². The Morgan fingerprint density at radius 2 is 1.96 bits per heavy atom. The topological polar surface area (TPSA) is 92.7 Å². The maximum absolute atomic E-state index is 11.5. The van der Waals surface area contributed by atoms with Crippen LogP contribution in [0, 0.1) is 0 Å². The number of pyridine rings is 1. The predicted molar refractivity (Wildman–Crippen MR) is 89.5 cm³/mol. The Morgan fingerprint density at radius 1 is 1.21 bits per heavy atom. The molecule has 1 atom stereocenters. The highest BCUT2D eigenvalue weighted by Gasteiger charge is 2.16. The number of ether oxygens (including phenoxy) is 2. The number of fused-ring (bicyclic) bond motifs is 1. The van der Waals surface area contributed by atoms with Gasteiger partial charge in [-0.15, -0.1) is 0 Å². The van der Waals surface area contributed by atoms with Crippen LogP contribution >= 0.6 is 0 Å². The van der Waals surface area contributed by atoms with Crippen LogP contribution in [0.1, 0.15) is 6.92 Å². The largest absolute Gasteiger partial charge is 0.504 e.